The molecule has 5 aromatic rings. The molecule has 1 atom stereocenters. The zero-order chi connectivity index (χ0) is 29.2. The van der Waals surface area contributed by atoms with E-state index in [9.17, 15) is 9.18 Å². The quantitative estimate of drug-likeness (QED) is 0.129. The van der Waals surface area contributed by atoms with Crippen LogP contribution >= 0.6 is 11.8 Å². The van der Waals surface area contributed by atoms with Crippen LogP contribution in [0.3, 0.4) is 0 Å². The number of aromatic nitrogens is 5. The van der Waals surface area contributed by atoms with E-state index >= 15 is 0 Å². The molecule has 1 unspecified atom stereocenters. The highest BCUT2D eigenvalue weighted by Gasteiger charge is 2.27. The molecule has 0 aliphatic carbocycles. The first kappa shape index (κ1) is 27.5. The Balaban J connectivity index is 1.20. The molecule has 6 rings (SSSR count). The van der Waals surface area contributed by atoms with Crippen molar-refractivity contribution in [1.82, 2.24) is 24.7 Å². The van der Waals surface area contributed by atoms with Gasteiger partial charge in [0.25, 0.3) is 0 Å². The topological polar surface area (TPSA) is 115 Å². The van der Waals surface area contributed by atoms with Gasteiger partial charge in [-0.3, -0.25) is 4.79 Å². The number of para-hydroxylation sites is 1. The lowest BCUT2D eigenvalue weighted by Crippen LogP contribution is -2.40. The van der Waals surface area contributed by atoms with Crippen molar-refractivity contribution in [2.75, 3.05) is 35.3 Å². The van der Waals surface area contributed by atoms with Crippen molar-refractivity contribution in [1.29, 1.82) is 0 Å². The molecule has 0 bridgehead atoms. The van der Waals surface area contributed by atoms with E-state index in [0.717, 1.165) is 23.6 Å². The maximum atomic E-state index is 14.6. The molecule has 1 amide bonds. The Labute approximate surface area is 246 Å². The van der Waals surface area contributed by atoms with Crippen molar-refractivity contribution in [2.45, 2.75) is 13.0 Å². The van der Waals surface area contributed by atoms with E-state index in [0.29, 0.717) is 58.1 Å². The molecule has 0 saturated carbocycles. The first-order chi connectivity index (χ1) is 20.5. The first-order valence-electron chi connectivity index (χ1n) is 13.6. The normalized spacial score (nSPS) is 14.7. The fourth-order valence-corrected chi connectivity index (χ4v) is 6.43. The fraction of sp³-hybridized carbons (Fsp3) is 0.226. The zero-order valence-electron chi connectivity index (χ0n) is 22.9. The number of H-pyrrole nitrogens is 1. The lowest BCUT2D eigenvalue weighted by atomic mass is 9.93. The highest BCUT2D eigenvalue weighted by atomic mass is 32.2. The van der Waals surface area contributed by atoms with Gasteiger partial charge >= 0.3 is 0 Å². The van der Waals surface area contributed by atoms with Gasteiger partial charge in [-0.1, -0.05) is 37.4 Å². The monoisotopic (exact) mass is 583 g/mol. The van der Waals surface area contributed by atoms with Crippen molar-refractivity contribution in [3.63, 3.8) is 0 Å². The number of carbonyl (C=O) groups excluding carboxylic acids is 1. The fourth-order valence-electron chi connectivity index (χ4n) is 5.41. The minimum Gasteiger partial charge on any atom is -0.486 e. The van der Waals surface area contributed by atoms with Gasteiger partial charge in [-0.15, -0.1) is 0 Å². The standard InChI is InChI=1S/C31H30FN7O2S/c1-3-10-41-26-15-23-21(13-22(26)32)14-24(36-23)29-28-30(33)34-18-35-31(28)39(37-29)9-11-42-17-19-12-20-7-5-6-8-25(20)38(16-19)27(40)4-2/h3-8,13-15,18-19,36H,1-2,9-12,16-17H2,(H2,33,34,35). The number of nitrogens with zero attached hydrogens (tertiary/aromatic N) is 5. The van der Waals surface area contributed by atoms with E-state index in [1.54, 1.807) is 12.1 Å². The molecule has 9 nitrogen and oxygen atoms in total. The molecule has 11 heteroatoms. The predicted molar refractivity (Wildman–Crippen MR) is 166 cm³/mol. The van der Waals surface area contributed by atoms with Crippen LogP contribution in [-0.4, -0.2) is 55.3 Å². The first-order valence-corrected chi connectivity index (χ1v) is 14.7. The third-order valence-electron chi connectivity index (χ3n) is 7.32. The number of rotatable bonds is 10. The van der Waals surface area contributed by atoms with Crippen LogP contribution in [0.25, 0.3) is 33.3 Å². The van der Waals surface area contributed by atoms with Crippen LogP contribution in [-0.2, 0) is 17.8 Å². The van der Waals surface area contributed by atoms with Crippen molar-refractivity contribution in [3.05, 3.63) is 85.5 Å². The van der Waals surface area contributed by atoms with Crippen molar-refractivity contribution >= 4 is 51.1 Å². The summed E-state index contributed by atoms with van der Waals surface area (Å²) in [5.41, 5.74) is 11.1. The third kappa shape index (κ3) is 5.23. The minimum atomic E-state index is -0.455. The molecule has 0 spiro atoms. The SMILES string of the molecule is C=CCOc1cc2[nH]c(-c3nn(CCSCC4Cc5ccccc5N(C(=O)C=C)C4)c4ncnc(N)c34)cc2cc1F. The number of nitrogen functional groups attached to an aromatic ring is 1. The number of carbonyl (C=O) groups is 1. The van der Waals surface area contributed by atoms with Crippen molar-refractivity contribution in [3.8, 4) is 17.1 Å². The Morgan fingerprint density at radius 3 is 2.93 bits per heavy atom. The summed E-state index contributed by atoms with van der Waals surface area (Å²) >= 11 is 1.81. The summed E-state index contributed by atoms with van der Waals surface area (Å²) in [5, 5.41) is 6.18. The summed E-state index contributed by atoms with van der Waals surface area (Å²) < 4.78 is 21.9. The summed E-state index contributed by atoms with van der Waals surface area (Å²) in [4.78, 5) is 26.3. The Morgan fingerprint density at radius 2 is 2.10 bits per heavy atom. The van der Waals surface area contributed by atoms with Gasteiger partial charge in [0.05, 0.1) is 17.6 Å². The van der Waals surface area contributed by atoms with Gasteiger partial charge in [-0.25, -0.2) is 19.0 Å². The second-order valence-electron chi connectivity index (χ2n) is 10.1. The van der Waals surface area contributed by atoms with E-state index in [2.05, 4.69) is 34.2 Å². The number of ether oxygens (including phenoxy) is 1. The number of anilines is 2. The second kappa shape index (κ2) is 11.7. The number of hydrogen-bond donors (Lipinski definition) is 2. The molecule has 3 aromatic heterocycles. The average molecular weight is 584 g/mol. The molecule has 214 valence electrons. The van der Waals surface area contributed by atoms with E-state index in [1.165, 1.54) is 24.0 Å². The number of thioether (sulfide) groups is 1. The number of aromatic amines is 1. The summed E-state index contributed by atoms with van der Waals surface area (Å²) in [7, 11) is 0. The van der Waals surface area contributed by atoms with E-state index < -0.39 is 5.82 Å². The number of fused-ring (bicyclic) bond motifs is 3. The molecule has 0 saturated heterocycles. The van der Waals surface area contributed by atoms with Crippen LogP contribution in [0.15, 0.2) is 74.1 Å². The number of halogens is 1. The van der Waals surface area contributed by atoms with Crippen molar-refractivity contribution < 1.29 is 13.9 Å². The average Bonchev–Trinajstić information content (AvgIpc) is 3.59. The molecule has 0 radical (unpaired) electrons. The van der Waals surface area contributed by atoms with Gasteiger partial charge in [0.1, 0.15) is 24.4 Å². The molecule has 1 aliphatic heterocycles. The van der Waals surface area contributed by atoms with E-state index in [-0.39, 0.29) is 18.3 Å². The minimum absolute atomic E-state index is 0.0785. The van der Waals surface area contributed by atoms with Crippen LogP contribution in [0.4, 0.5) is 15.9 Å². The van der Waals surface area contributed by atoms with Gasteiger partial charge < -0.3 is 20.4 Å². The van der Waals surface area contributed by atoms with Gasteiger partial charge in [0.2, 0.25) is 5.91 Å². The maximum absolute atomic E-state index is 14.6. The highest BCUT2D eigenvalue weighted by Crippen LogP contribution is 2.34. The molecule has 1 aliphatic rings. The highest BCUT2D eigenvalue weighted by molar-refractivity contribution is 7.99. The van der Waals surface area contributed by atoms with Gasteiger partial charge in [-0.2, -0.15) is 16.9 Å². The predicted octanol–water partition coefficient (Wildman–Crippen LogP) is 5.39. The maximum Gasteiger partial charge on any atom is 0.250 e. The number of benzene rings is 2. The van der Waals surface area contributed by atoms with E-state index in [4.69, 9.17) is 15.6 Å². The van der Waals surface area contributed by atoms with Gasteiger partial charge in [0, 0.05) is 35.0 Å². The second-order valence-corrected chi connectivity index (χ2v) is 11.3. The molecule has 3 N–H and O–H groups in total. The Bertz CT molecular complexity index is 1810. The van der Waals surface area contributed by atoms with Crippen LogP contribution in [0.5, 0.6) is 5.75 Å². The number of nitrogens with two attached hydrogens (primary N) is 1. The molecular formula is C31H30FN7O2S. The number of hydrogen-bond acceptors (Lipinski definition) is 7. The summed E-state index contributed by atoms with van der Waals surface area (Å²) in [6.07, 6.45) is 5.29. The van der Waals surface area contributed by atoms with Crippen LogP contribution < -0.4 is 15.4 Å². The van der Waals surface area contributed by atoms with Crippen LogP contribution in [0.1, 0.15) is 5.56 Å². The molecule has 0 fully saturated rings. The van der Waals surface area contributed by atoms with E-state index in [1.807, 2.05) is 45.6 Å². The smallest absolute Gasteiger partial charge is 0.250 e. The Morgan fingerprint density at radius 1 is 1.24 bits per heavy atom. The number of nitrogens with one attached hydrogen (secondary N) is 1. The zero-order valence-corrected chi connectivity index (χ0v) is 23.7. The Hall–Kier alpha value is -4.64. The summed E-state index contributed by atoms with van der Waals surface area (Å²) in [6, 6.07) is 12.9. The summed E-state index contributed by atoms with van der Waals surface area (Å²) in [6.45, 7) is 8.76. The van der Waals surface area contributed by atoms with Crippen LogP contribution in [0.2, 0.25) is 0 Å². The molecule has 2 aromatic carbocycles. The summed E-state index contributed by atoms with van der Waals surface area (Å²) in [5.74, 6) is 1.93. The van der Waals surface area contributed by atoms with Crippen LogP contribution in [0, 0.1) is 11.7 Å². The number of amides is 1. The Kier molecular flexibility index (Phi) is 7.66. The van der Waals surface area contributed by atoms with Gasteiger partial charge in [-0.05, 0) is 47.9 Å². The van der Waals surface area contributed by atoms with Gasteiger partial charge in [0.15, 0.2) is 17.2 Å². The number of aryl methyl sites for hydroxylation is 1. The molecule has 4 heterocycles. The lowest BCUT2D eigenvalue weighted by molar-refractivity contribution is -0.114. The van der Waals surface area contributed by atoms with Crippen molar-refractivity contribution in [2.24, 2.45) is 5.92 Å². The largest absolute Gasteiger partial charge is 0.486 e. The molecular weight excluding hydrogens is 553 g/mol. The molecule has 42 heavy (non-hydrogen) atoms. The lowest BCUT2D eigenvalue weighted by Gasteiger charge is -2.34. The third-order valence-corrected chi connectivity index (χ3v) is 8.50.